The Morgan fingerprint density at radius 2 is 1.94 bits per heavy atom. The Morgan fingerprint density at radius 3 is 2.56 bits per heavy atom. The van der Waals surface area contributed by atoms with Crippen molar-refractivity contribution in [3.8, 4) is 0 Å². The SMILES string of the molecule is Cc1cccc(N(C)c2ccc(C=O)cc2Cl)c1. The van der Waals surface area contributed by atoms with Gasteiger partial charge in [0.1, 0.15) is 6.29 Å². The number of hydrogen-bond acceptors (Lipinski definition) is 2. The van der Waals surface area contributed by atoms with Crippen LogP contribution < -0.4 is 4.90 Å². The molecule has 2 aromatic rings. The minimum Gasteiger partial charge on any atom is -0.343 e. The van der Waals surface area contributed by atoms with E-state index in [2.05, 4.69) is 19.1 Å². The van der Waals surface area contributed by atoms with Crippen LogP contribution in [0.25, 0.3) is 0 Å². The van der Waals surface area contributed by atoms with Crippen molar-refractivity contribution in [1.29, 1.82) is 0 Å². The largest absolute Gasteiger partial charge is 0.343 e. The second kappa shape index (κ2) is 5.23. The monoisotopic (exact) mass is 259 g/mol. The van der Waals surface area contributed by atoms with Gasteiger partial charge in [-0.15, -0.1) is 0 Å². The second-order valence-corrected chi connectivity index (χ2v) is 4.63. The smallest absolute Gasteiger partial charge is 0.150 e. The van der Waals surface area contributed by atoms with Crippen LogP contribution in [-0.2, 0) is 0 Å². The van der Waals surface area contributed by atoms with E-state index < -0.39 is 0 Å². The molecule has 0 unspecified atom stereocenters. The molecule has 0 aliphatic carbocycles. The fraction of sp³-hybridized carbons (Fsp3) is 0.133. The van der Waals surface area contributed by atoms with Crippen molar-refractivity contribution in [3.63, 3.8) is 0 Å². The van der Waals surface area contributed by atoms with Crippen LogP contribution in [0, 0.1) is 6.92 Å². The van der Waals surface area contributed by atoms with E-state index in [1.54, 1.807) is 12.1 Å². The number of benzene rings is 2. The van der Waals surface area contributed by atoms with Crippen molar-refractivity contribution in [2.24, 2.45) is 0 Å². The van der Waals surface area contributed by atoms with Gasteiger partial charge in [-0.2, -0.15) is 0 Å². The zero-order valence-corrected chi connectivity index (χ0v) is 11.1. The van der Waals surface area contributed by atoms with Gasteiger partial charge < -0.3 is 4.90 Å². The van der Waals surface area contributed by atoms with Gasteiger partial charge in [-0.3, -0.25) is 4.79 Å². The van der Waals surface area contributed by atoms with Crippen molar-refractivity contribution in [2.45, 2.75) is 6.92 Å². The van der Waals surface area contributed by atoms with Crippen LogP contribution in [0.2, 0.25) is 5.02 Å². The normalized spacial score (nSPS) is 10.2. The number of hydrogen-bond donors (Lipinski definition) is 0. The third kappa shape index (κ3) is 2.54. The van der Waals surface area contributed by atoms with Gasteiger partial charge >= 0.3 is 0 Å². The van der Waals surface area contributed by atoms with E-state index in [1.165, 1.54) is 5.56 Å². The summed E-state index contributed by atoms with van der Waals surface area (Å²) >= 11 is 6.19. The molecule has 2 aromatic carbocycles. The molecule has 0 aromatic heterocycles. The predicted molar refractivity (Wildman–Crippen MR) is 76.1 cm³/mol. The van der Waals surface area contributed by atoms with Gasteiger partial charge in [0.05, 0.1) is 10.7 Å². The minimum atomic E-state index is 0.573. The van der Waals surface area contributed by atoms with E-state index in [0.29, 0.717) is 10.6 Å². The van der Waals surface area contributed by atoms with Gasteiger partial charge in [-0.1, -0.05) is 23.7 Å². The molecule has 2 rings (SSSR count). The molecule has 0 atom stereocenters. The summed E-state index contributed by atoms with van der Waals surface area (Å²) in [6.45, 7) is 2.05. The van der Waals surface area contributed by atoms with Crippen molar-refractivity contribution in [2.75, 3.05) is 11.9 Å². The van der Waals surface area contributed by atoms with E-state index in [9.17, 15) is 4.79 Å². The average molecular weight is 260 g/mol. The topological polar surface area (TPSA) is 20.3 Å². The summed E-state index contributed by atoms with van der Waals surface area (Å²) in [6, 6.07) is 13.5. The molecule has 0 heterocycles. The maximum atomic E-state index is 10.7. The standard InChI is InChI=1S/C15H14ClNO/c1-11-4-3-5-13(8-11)17(2)15-7-6-12(10-18)9-14(15)16/h3-10H,1-2H3. The lowest BCUT2D eigenvalue weighted by molar-refractivity contribution is 0.112. The van der Waals surface area contributed by atoms with E-state index in [4.69, 9.17) is 11.6 Å². The minimum absolute atomic E-state index is 0.573. The quantitative estimate of drug-likeness (QED) is 0.769. The molecule has 0 aliphatic heterocycles. The molecule has 0 saturated heterocycles. The number of halogens is 1. The average Bonchev–Trinajstić information content (AvgIpc) is 2.37. The summed E-state index contributed by atoms with van der Waals surface area (Å²) in [5.41, 5.74) is 3.73. The lowest BCUT2D eigenvalue weighted by atomic mass is 10.1. The summed E-state index contributed by atoms with van der Waals surface area (Å²) in [4.78, 5) is 12.7. The maximum Gasteiger partial charge on any atom is 0.150 e. The van der Waals surface area contributed by atoms with Gasteiger partial charge in [0.25, 0.3) is 0 Å². The molecule has 0 radical (unpaired) electrons. The van der Waals surface area contributed by atoms with E-state index in [1.807, 2.05) is 30.1 Å². The molecule has 0 aliphatic rings. The van der Waals surface area contributed by atoms with Crippen LogP contribution in [0.5, 0.6) is 0 Å². The molecule has 92 valence electrons. The first-order chi connectivity index (χ1) is 8.61. The summed E-state index contributed by atoms with van der Waals surface area (Å²) in [5.74, 6) is 0. The zero-order chi connectivity index (χ0) is 13.1. The number of nitrogens with zero attached hydrogens (tertiary/aromatic N) is 1. The predicted octanol–water partition coefficient (Wildman–Crippen LogP) is 4.23. The third-order valence-electron chi connectivity index (χ3n) is 2.86. The number of anilines is 2. The highest BCUT2D eigenvalue weighted by atomic mass is 35.5. The molecule has 3 heteroatoms. The van der Waals surface area contributed by atoms with E-state index in [-0.39, 0.29) is 0 Å². The lowest BCUT2D eigenvalue weighted by Gasteiger charge is -2.21. The van der Waals surface area contributed by atoms with E-state index in [0.717, 1.165) is 17.7 Å². The summed E-state index contributed by atoms with van der Waals surface area (Å²) in [6.07, 6.45) is 0.794. The number of carbonyl (C=O) groups is 1. The Hall–Kier alpha value is -1.80. The fourth-order valence-electron chi connectivity index (χ4n) is 1.84. The number of carbonyl (C=O) groups excluding carboxylic acids is 1. The van der Waals surface area contributed by atoms with Crippen molar-refractivity contribution in [1.82, 2.24) is 0 Å². The first kappa shape index (κ1) is 12.7. The lowest BCUT2D eigenvalue weighted by Crippen LogP contribution is -2.10. The molecule has 0 saturated carbocycles. The highest BCUT2D eigenvalue weighted by molar-refractivity contribution is 6.33. The highest BCUT2D eigenvalue weighted by Gasteiger charge is 2.08. The van der Waals surface area contributed by atoms with Crippen LogP contribution in [-0.4, -0.2) is 13.3 Å². The number of aryl methyl sites for hydroxylation is 1. The molecule has 0 bridgehead atoms. The molecular weight excluding hydrogens is 246 g/mol. The Balaban J connectivity index is 2.39. The zero-order valence-electron chi connectivity index (χ0n) is 10.4. The van der Waals surface area contributed by atoms with Crippen molar-refractivity contribution < 1.29 is 4.79 Å². The highest BCUT2D eigenvalue weighted by Crippen LogP contribution is 2.31. The molecular formula is C15H14ClNO. The molecule has 0 spiro atoms. The second-order valence-electron chi connectivity index (χ2n) is 4.23. The van der Waals surface area contributed by atoms with Crippen molar-refractivity contribution >= 4 is 29.3 Å². The van der Waals surface area contributed by atoms with Crippen molar-refractivity contribution in [3.05, 3.63) is 58.6 Å². The molecule has 2 nitrogen and oxygen atoms in total. The van der Waals surface area contributed by atoms with Crippen LogP contribution in [0.1, 0.15) is 15.9 Å². The summed E-state index contributed by atoms with van der Waals surface area (Å²) < 4.78 is 0. The van der Waals surface area contributed by atoms with E-state index >= 15 is 0 Å². The van der Waals surface area contributed by atoms with Gasteiger partial charge in [0.2, 0.25) is 0 Å². The molecule has 18 heavy (non-hydrogen) atoms. The van der Waals surface area contributed by atoms with Crippen LogP contribution >= 0.6 is 11.6 Å². The summed E-state index contributed by atoms with van der Waals surface area (Å²) in [7, 11) is 1.95. The Morgan fingerprint density at radius 1 is 1.17 bits per heavy atom. The molecule has 0 N–H and O–H groups in total. The number of rotatable bonds is 3. The van der Waals surface area contributed by atoms with Gasteiger partial charge in [0.15, 0.2) is 0 Å². The number of aldehydes is 1. The van der Waals surface area contributed by atoms with Gasteiger partial charge in [-0.05, 0) is 42.8 Å². The third-order valence-corrected chi connectivity index (χ3v) is 3.16. The van der Waals surface area contributed by atoms with Gasteiger partial charge in [0, 0.05) is 18.3 Å². The fourth-order valence-corrected chi connectivity index (χ4v) is 2.16. The first-order valence-electron chi connectivity index (χ1n) is 5.67. The Labute approximate surface area is 112 Å². The van der Waals surface area contributed by atoms with Crippen LogP contribution in [0.3, 0.4) is 0 Å². The summed E-state index contributed by atoms with van der Waals surface area (Å²) in [5, 5.41) is 0.573. The molecule has 0 amide bonds. The van der Waals surface area contributed by atoms with Crippen LogP contribution in [0.4, 0.5) is 11.4 Å². The Kier molecular flexibility index (Phi) is 3.68. The maximum absolute atomic E-state index is 10.7. The van der Waals surface area contributed by atoms with Crippen LogP contribution in [0.15, 0.2) is 42.5 Å². The molecule has 0 fully saturated rings. The first-order valence-corrected chi connectivity index (χ1v) is 6.05. The Bertz CT molecular complexity index is 580. The van der Waals surface area contributed by atoms with Gasteiger partial charge in [-0.25, -0.2) is 0 Å².